The first-order chi connectivity index (χ1) is 15.7. The third kappa shape index (κ3) is 5.48. The van der Waals surface area contributed by atoms with Crippen molar-refractivity contribution in [2.45, 2.75) is 11.3 Å². The lowest BCUT2D eigenvalue weighted by molar-refractivity contribution is -0.114. The van der Waals surface area contributed by atoms with Crippen LogP contribution in [-0.4, -0.2) is 29.3 Å². The van der Waals surface area contributed by atoms with Crippen LogP contribution in [0.15, 0.2) is 89.8 Å². The van der Waals surface area contributed by atoms with Crippen LogP contribution < -0.4 is 14.2 Å². The van der Waals surface area contributed by atoms with Gasteiger partial charge in [-0.05, 0) is 53.9 Å². The molecule has 1 amide bonds. The molecule has 3 aromatic rings. The Morgan fingerprint density at radius 2 is 1.48 bits per heavy atom. The minimum atomic E-state index is -3.83. The van der Waals surface area contributed by atoms with E-state index in [9.17, 15) is 21.6 Å². The molecule has 170 valence electrons. The average Bonchev–Trinajstić information content (AvgIpc) is 3.07. The van der Waals surface area contributed by atoms with Gasteiger partial charge in [0.25, 0.3) is 15.9 Å². The number of ether oxygens (including phenoxy) is 1. The number of sulfonamides is 2. The van der Waals surface area contributed by atoms with Gasteiger partial charge in [0, 0.05) is 12.6 Å². The Morgan fingerprint density at radius 1 is 0.848 bits per heavy atom. The Bertz CT molecular complexity index is 1400. The lowest BCUT2D eigenvalue weighted by Crippen LogP contribution is -2.26. The van der Waals surface area contributed by atoms with Crippen molar-refractivity contribution >= 4 is 30.9 Å². The molecular weight excluding hydrogens is 464 g/mol. The molecule has 3 aromatic carbocycles. The van der Waals surface area contributed by atoms with Crippen molar-refractivity contribution in [2.75, 3.05) is 6.54 Å². The van der Waals surface area contributed by atoms with E-state index in [1.165, 1.54) is 12.1 Å². The van der Waals surface area contributed by atoms with Crippen molar-refractivity contribution < 1.29 is 26.4 Å². The van der Waals surface area contributed by atoms with Gasteiger partial charge in [-0.1, -0.05) is 42.5 Å². The summed E-state index contributed by atoms with van der Waals surface area (Å²) in [5.74, 6) is 0.501. The molecule has 0 radical (unpaired) electrons. The van der Waals surface area contributed by atoms with Gasteiger partial charge in [-0.15, -0.1) is 0 Å². The maximum atomic E-state index is 12.6. The highest BCUT2D eigenvalue weighted by atomic mass is 32.2. The topological polar surface area (TPSA) is 119 Å². The van der Waals surface area contributed by atoms with Crippen molar-refractivity contribution in [3.05, 3.63) is 96.1 Å². The zero-order valence-electron chi connectivity index (χ0n) is 17.3. The lowest BCUT2D eigenvalue weighted by atomic mass is 10.1. The molecule has 0 spiro atoms. The molecule has 2 N–H and O–H groups in total. The van der Waals surface area contributed by atoms with Crippen LogP contribution in [-0.2, 0) is 31.3 Å². The summed E-state index contributed by atoms with van der Waals surface area (Å²) in [6, 6.07) is 21.8. The van der Waals surface area contributed by atoms with E-state index < -0.39 is 26.0 Å². The van der Waals surface area contributed by atoms with E-state index in [1.54, 1.807) is 48.5 Å². The molecule has 0 bridgehead atoms. The summed E-state index contributed by atoms with van der Waals surface area (Å²) in [5.41, 5.74) is 1.19. The zero-order chi connectivity index (χ0) is 23.5. The quantitative estimate of drug-likeness (QED) is 0.508. The number of carbonyl (C=O) groups is 1. The van der Waals surface area contributed by atoms with Gasteiger partial charge in [-0.25, -0.2) is 26.3 Å². The van der Waals surface area contributed by atoms with Crippen LogP contribution in [0.2, 0.25) is 0 Å². The molecule has 1 heterocycles. The van der Waals surface area contributed by atoms with Gasteiger partial charge in [0.1, 0.15) is 16.4 Å². The van der Waals surface area contributed by atoms with E-state index in [4.69, 9.17) is 4.74 Å². The fourth-order valence-corrected chi connectivity index (χ4v) is 5.39. The minimum absolute atomic E-state index is 0.0838. The van der Waals surface area contributed by atoms with E-state index in [0.29, 0.717) is 23.5 Å². The molecule has 4 rings (SSSR count). The molecule has 10 heteroatoms. The minimum Gasteiger partial charge on any atom is -0.457 e. The molecule has 0 atom stereocenters. The smallest absolute Gasteiger partial charge is 0.265 e. The van der Waals surface area contributed by atoms with Gasteiger partial charge in [0.15, 0.2) is 0 Å². The van der Waals surface area contributed by atoms with Gasteiger partial charge >= 0.3 is 0 Å². The summed E-state index contributed by atoms with van der Waals surface area (Å²) in [5, 5.41) is 0. The molecule has 1 aliphatic heterocycles. The van der Waals surface area contributed by atoms with Crippen LogP contribution >= 0.6 is 0 Å². The van der Waals surface area contributed by atoms with Crippen molar-refractivity contribution in [1.29, 1.82) is 0 Å². The number of hydrogen-bond acceptors (Lipinski definition) is 6. The van der Waals surface area contributed by atoms with Gasteiger partial charge in [0.05, 0.1) is 4.90 Å². The maximum absolute atomic E-state index is 12.6. The molecular formula is C23H20N2O6S2. The lowest BCUT2D eigenvalue weighted by Gasteiger charge is -2.09. The van der Waals surface area contributed by atoms with Gasteiger partial charge < -0.3 is 4.74 Å². The van der Waals surface area contributed by atoms with Crippen molar-refractivity contribution in [2.24, 2.45) is 0 Å². The molecule has 0 aromatic heterocycles. The van der Waals surface area contributed by atoms with E-state index in [1.807, 2.05) is 22.9 Å². The number of hydrogen-bond donors (Lipinski definition) is 2. The second-order valence-electron chi connectivity index (χ2n) is 7.21. The van der Waals surface area contributed by atoms with Gasteiger partial charge in [0.2, 0.25) is 10.0 Å². The summed E-state index contributed by atoms with van der Waals surface area (Å²) >= 11 is 0. The number of nitrogens with one attached hydrogen (secondary N) is 2. The fourth-order valence-electron chi connectivity index (χ4n) is 3.21. The molecule has 0 aliphatic carbocycles. The second-order valence-corrected chi connectivity index (χ2v) is 10.6. The number of amides is 1. The number of benzene rings is 3. The highest BCUT2D eigenvalue weighted by Crippen LogP contribution is 2.25. The van der Waals surface area contributed by atoms with E-state index in [-0.39, 0.29) is 16.3 Å². The Kier molecular flexibility index (Phi) is 6.32. The Balaban J connectivity index is 1.34. The fraction of sp³-hybridized carbons (Fsp3) is 0.0870. The van der Waals surface area contributed by atoms with Crippen molar-refractivity contribution in [1.82, 2.24) is 9.44 Å². The van der Waals surface area contributed by atoms with Crippen molar-refractivity contribution in [3.8, 4) is 11.5 Å². The van der Waals surface area contributed by atoms with Crippen LogP contribution in [0.3, 0.4) is 0 Å². The summed E-state index contributed by atoms with van der Waals surface area (Å²) in [7, 11) is -7.53. The van der Waals surface area contributed by atoms with Gasteiger partial charge in [-0.2, -0.15) is 0 Å². The van der Waals surface area contributed by atoms with Crippen LogP contribution in [0.25, 0.3) is 4.91 Å². The predicted octanol–water partition coefficient (Wildman–Crippen LogP) is 2.80. The largest absolute Gasteiger partial charge is 0.457 e. The van der Waals surface area contributed by atoms with Crippen molar-refractivity contribution in [3.63, 3.8) is 0 Å². The molecule has 8 nitrogen and oxygen atoms in total. The monoisotopic (exact) mass is 484 g/mol. The first-order valence-electron chi connectivity index (χ1n) is 9.93. The van der Waals surface area contributed by atoms with Crippen LogP contribution in [0.4, 0.5) is 0 Å². The standard InChI is InChI=1S/C23H20N2O6S2/c26-23-16-22(33(29,30)25-23)18-8-6-17(7-9-18)14-15-24-32(27,28)21-12-10-20(11-13-21)31-19-4-2-1-3-5-19/h1-13,16,24H,14-15H2,(H,25,26). The Labute approximate surface area is 192 Å². The Morgan fingerprint density at radius 3 is 2.09 bits per heavy atom. The first-order valence-corrected chi connectivity index (χ1v) is 12.9. The summed E-state index contributed by atoms with van der Waals surface area (Å²) in [6.07, 6.45) is 1.44. The molecule has 0 saturated heterocycles. The highest BCUT2D eigenvalue weighted by Gasteiger charge is 2.28. The Hall–Kier alpha value is -3.47. The number of para-hydroxylation sites is 1. The van der Waals surface area contributed by atoms with Crippen LogP contribution in [0.5, 0.6) is 11.5 Å². The predicted molar refractivity (Wildman–Crippen MR) is 123 cm³/mol. The van der Waals surface area contributed by atoms with E-state index in [0.717, 1.165) is 11.6 Å². The van der Waals surface area contributed by atoms with E-state index >= 15 is 0 Å². The molecule has 0 fully saturated rings. The maximum Gasteiger partial charge on any atom is 0.265 e. The number of rotatable bonds is 8. The molecule has 0 saturated carbocycles. The third-order valence-corrected chi connectivity index (χ3v) is 7.72. The second kappa shape index (κ2) is 9.18. The van der Waals surface area contributed by atoms with Gasteiger partial charge in [-0.3, -0.25) is 4.79 Å². The number of carbonyl (C=O) groups excluding carboxylic acids is 1. The van der Waals surface area contributed by atoms with Crippen LogP contribution in [0, 0.1) is 0 Å². The summed E-state index contributed by atoms with van der Waals surface area (Å²) in [4.78, 5) is 11.4. The summed E-state index contributed by atoms with van der Waals surface area (Å²) < 4.78 is 59.0. The molecule has 1 aliphatic rings. The van der Waals surface area contributed by atoms with E-state index in [2.05, 4.69) is 4.72 Å². The molecule has 0 unspecified atom stereocenters. The normalized spacial score (nSPS) is 15.0. The SMILES string of the molecule is O=C1C=C(c2ccc(CCNS(=O)(=O)c3ccc(Oc4ccccc4)cc3)cc2)S(=O)(=O)N1. The van der Waals surface area contributed by atoms with Crippen LogP contribution in [0.1, 0.15) is 11.1 Å². The zero-order valence-corrected chi connectivity index (χ0v) is 18.9. The molecule has 33 heavy (non-hydrogen) atoms. The summed E-state index contributed by atoms with van der Waals surface area (Å²) in [6.45, 7) is 0.158. The highest BCUT2D eigenvalue weighted by molar-refractivity contribution is 8.00. The third-order valence-electron chi connectivity index (χ3n) is 4.84. The average molecular weight is 485 g/mol. The first kappa shape index (κ1) is 22.7.